The van der Waals surface area contributed by atoms with Gasteiger partial charge in [-0.05, 0) is 6.07 Å². The largest absolute Gasteiger partial charge is 1.00 e. The molecular weight excluding hydrogens is 221 g/mol. The van der Waals surface area contributed by atoms with Gasteiger partial charge in [0, 0.05) is 0 Å². The SMILES string of the molecule is [Cs+].[O-]c1cc[c]cc1. The molecule has 35 valence electrons. The maximum atomic E-state index is 10.2. The van der Waals surface area contributed by atoms with Crippen molar-refractivity contribution >= 4 is 0 Å². The summed E-state index contributed by atoms with van der Waals surface area (Å²) >= 11 is 0. The predicted molar refractivity (Wildman–Crippen MR) is 24.7 cm³/mol. The fourth-order valence-corrected chi connectivity index (χ4v) is 0.372. The fourth-order valence-electron chi connectivity index (χ4n) is 0.372. The normalized spacial score (nSPS) is 7.50. The molecule has 0 aliphatic carbocycles. The summed E-state index contributed by atoms with van der Waals surface area (Å²) < 4.78 is 0. The molecule has 0 aromatic heterocycles. The first-order valence-electron chi connectivity index (χ1n) is 2.03. The standard InChI is InChI=1S/C6H5O.Cs/c7-6-4-2-1-3-5-6;/h2-5,7H;/q;+1/p-1. The number of hydrogen-bond donors (Lipinski definition) is 0. The fraction of sp³-hybridized carbons (Fsp3) is 0. The van der Waals surface area contributed by atoms with E-state index in [9.17, 15) is 5.11 Å². The molecule has 0 N–H and O–H groups in total. The van der Waals surface area contributed by atoms with Crippen LogP contribution in [0.1, 0.15) is 0 Å². The zero-order valence-electron chi connectivity index (χ0n) is 4.72. The first-order valence-corrected chi connectivity index (χ1v) is 2.03. The molecule has 1 aromatic rings. The van der Waals surface area contributed by atoms with Crippen LogP contribution in [-0.4, -0.2) is 0 Å². The van der Waals surface area contributed by atoms with Crippen LogP contribution in [0.2, 0.25) is 0 Å². The molecule has 2 heteroatoms. The molecule has 0 atom stereocenters. The van der Waals surface area contributed by atoms with E-state index in [0.717, 1.165) is 0 Å². The van der Waals surface area contributed by atoms with Gasteiger partial charge in [0.05, 0.1) is 0 Å². The van der Waals surface area contributed by atoms with E-state index in [1.54, 1.807) is 12.1 Å². The molecule has 0 saturated heterocycles. The van der Waals surface area contributed by atoms with Crippen LogP contribution >= 0.6 is 0 Å². The second-order valence-corrected chi connectivity index (χ2v) is 1.24. The Bertz CT molecular complexity index is 138. The number of benzene rings is 1. The maximum Gasteiger partial charge on any atom is 1.00 e. The zero-order chi connectivity index (χ0) is 5.11. The topological polar surface area (TPSA) is 23.1 Å². The van der Waals surface area contributed by atoms with Crippen molar-refractivity contribution in [1.29, 1.82) is 0 Å². The summed E-state index contributed by atoms with van der Waals surface area (Å²) in [5, 5.41) is 10.2. The van der Waals surface area contributed by atoms with E-state index in [1.165, 1.54) is 12.1 Å². The molecule has 1 aromatic carbocycles. The predicted octanol–water partition coefficient (Wildman–Crippen LogP) is -2.44. The number of hydrogen-bond acceptors (Lipinski definition) is 1. The van der Waals surface area contributed by atoms with E-state index in [-0.39, 0.29) is 74.6 Å². The summed E-state index contributed by atoms with van der Waals surface area (Å²) in [4.78, 5) is 0. The molecule has 0 unspecified atom stereocenters. The first kappa shape index (κ1) is 9.07. The van der Waals surface area contributed by atoms with Crippen molar-refractivity contribution in [3.8, 4) is 5.75 Å². The summed E-state index contributed by atoms with van der Waals surface area (Å²) in [6, 6.07) is 8.88. The summed E-state index contributed by atoms with van der Waals surface area (Å²) in [6.07, 6.45) is 0. The maximum absolute atomic E-state index is 10.2. The summed E-state index contributed by atoms with van der Waals surface area (Å²) in [5.41, 5.74) is 0. The Hall–Kier alpha value is 1.07. The van der Waals surface area contributed by atoms with Crippen molar-refractivity contribution in [2.75, 3.05) is 0 Å². The molecule has 8 heavy (non-hydrogen) atoms. The Morgan fingerprint density at radius 3 is 2.00 bits per heavy atom. The van der Waals surface area contributed by atoms with E-state index in [0.29, 0.717) is 0 Å². The quantitative estimate of drug-likeness (QED) is 0.481. The van der Waals surface area contributed by atoms with Crippen LogP contribution in [-0.2, 0) is 0 Å². The molecule has 1 nitrogen and oxygen atoms in total. The van der Waals surface area contributed by atoms with Crippen LogP contribution in [0.25, 0.3) is 0 Å². The molecule has 1 radical (unpaired) electrons. The van der Waals surface area contributed by atoms with Gasteiger partial charge in [-0.1, -0.05) is 24.3 Å². The van der Waals surface area contributed by atoms with Gasteiger partial charge in [-0.15, -0.1) is 5.75 Å². The molecule has 1 rings (SSSR count). The molecule has 0 spiro atoms. The summed E-state index contributed by atoms with van der Waals surface area (Å²) in [6.45, 7) is 0. The minimum atomic E-state index is 0. The van der Waals surface area contributed by atoms with E-state index in [2.05, 4.69) is 6.07 Å². The Morgan fingerprint density at radius 2 is 1.75 bits per heavy atom. The van der Waals surface area contributed by atoms with Gasteiger partial charge in [0.2, 0.25) is 0 Å². The molecule has 0 heterocycles. The van der Waals surface area contributed by atoms with Crippen LogP contribution in [0.4, 0.5) is 0 Å². The van der Waals surface area contributed by atoms with Crippen molar-refractivity contribution in [3.05, 3.63) is 30.3 Å². The molecular formula is C6H4CsO. The molecule has 0 saturated carbocycles. The zero-order valence-corrected chi connectivity index (χ0v) is 11.0. The van der Waals surface area contributed by atoms with Crippen molar-refractivity contribution in [1.82, 2.24) is 0 Å². The van der Waals surface area contributed by atoms with Gasteiger partial charge in [0.25, 0.3) is 0 Å². The van der Waals surface area contributed by atoms with E-state index in [1.807, 2.05) is 0 Å². The van der Waals surface area contributed by atoms with E-state index >= 15 is 0 Å². The van der Waals surface area contributed by atoms with Crippen LogP contribution in [0.5, 0.6) is 5.75 Å². The third kappa shape index (κ3) is 3.17. The minimum absolute atomic E-state index is 0. The van der Waals surface area contributed by atoms with Crippen LogP contribution in [0, 0.1) is 6.07 Å². The molecule has 0 aliphatic rings. The minimum Gasteiger partial charge on any atom is -0.872 e. The van der Waals surface area contributed by atoms with E-state index < -0.39 is 0 Å². The summed E-state index contributed by atoms with van der Waals surface area (Å²) in [7, 11) is 0. The molecule has 0 amide bonds. The average Bonchev–Trinajstić information content (AvgIpc) is 1.69. The number of rotatable bonds is 0. The Morgan fingerprint density at radius 1 is 1.25 bits per heavy atom. The van der Waals surface area contributed by atoms with Crippen LogP contribution < -0.4 is 74.0 Å². The Labute approximate surface area is 108 Å². The van der Waals surface area contributed by atoms with Crippen LogP contribution in [0.3, 0.4) is 0 Å². The molecule has 0 aliphatic heterocycles. The van der Waals surface area contributed by atoms with Crippen LogP contribution in [0.15, 0.2) is 24.3 Å². The van der Waals surface area contributed by atoms with Crippen molar-refractivity contribution in [3.63, 3.8) is 0 Å². The third-order valence-corrected chi connectivity index (χ3v) is 0.688. The van der Waals surface area contributed by atoms with Gasteiger partial charge in [-0.3, -0.25) is 0 Å². The van der Waals surface area contributed by atoms with Gasteiger partial charge in [-0.2, -0.15) is 0 Å². The van der Waals surface area contributed by atoms with Crippen molar-refractivity contribution in [2.24, 2.45) is 0 Å². The monoisotopic (exact) mass is 225 g/mol. The first-order chi connectivity index (χ1) is 3.39. The van der Waals surface area contributed by atoms with E-state index in [4.69, 9.17) is 0 Å². The van der Waals surface area contributed by atoms with Crippen molar-refractivity contribution < 1.29 is 74.0 Å². The molecule has 0 bridgehead atoms. The molecule has 0 fully saturated rings. The Balaban J connectivity index is 0.000000490. The van der Waals surface area contributed by atoms with Gasteiger partial charge in [0.1, 0.15) is 0 Å². The second-order valence-electron chi connectivity index (χ2n) is 1.24. The average molecular weight is 225 g/mol. The van der Waals surface area contributed by atoms with Gasteiger partial charge in [-0.25, -0.2) is 0 Å². The van der Waals surface area contributed by atoms with Crippen molar-refractivity contribution in [2.45, 2.75) is 0 Å². The third-order valence-electron chi connectivity index (χ3n) is 0.688. The van der Waals surface area contributed by atoms with Gasteiger partial charge >= 0.3 is 68.9 Å². The smallest absolute Gasteiger partial charge is 0.872 e. The second kappa shape index (κ2) is 4.91. The Kier molecular flexibility index (Phi) is 5.56. The van der Waals surface area contributed by atoms with Gasteiger partial charge in [0.15, 0.2) is 0 Å². The van der Waals surface area contributed by atoms with Gasteiger partial charge < -0.3 is 5.11 Å². The summed E-state index contributed by atoms with van der Waals surface area (Å²) in [5.74, 6) is 0.0405.